The van der Waals surface area contributed by atoms with Crippen LogP contribution in [0.2, 0.25) is 0 Å². The number of hydrogen-bond donors (Lipinski definition) is 7. The lowest BCUT2D eigenvalue weighted by molar-refractivity contribution is -0.315. The highest BCUT2D eigenvalue weighted by atomic mass is 31.2. The van der Waals surface area contributed by atoms with Crippen molar-refractivity contribution in [1.29, 1.82) is 0 Å². The molecule has 40 heavy (non-hydrogen) atoms. The molecule has 0 aromatic rings. The molecule has 2 bridgehead atoms. The number of aliphatic hydroxyl groups is 1. The number of rotatable bonds is 9. The first-order chi connectivity index (χ1) is 18.6. The molecule has 0 amide bonds. The highest BCUT2D eigenvalue weighted by Crippen LogP contribution is 2.48. The van der Waals surface area contributed by atoms with Crippen LogP contribution in [0.15, 0.2) is 0 Å². The van der Waals surface area contributed by atoms with Gasteiger partial charge in [0.1, 0.15) is 42.7 Å². The van der Waals surface area contributed by atoms with E-state index in [9.17, 15) is 48.2 Å². The lowest BCUT2D eigenvalue weighted by Gasteiger charge is -2.44. The van der Waals surface area contributed by atoms with Gasteiger partial charge in [-0.25, -0.2) is 13.7 Å². The van der Waals surface area contributed by atoms with Crippen LogP contribution in [0.3, 0.4) is 0 Å². The molecule has 9 atom stereocenters. The van der Waals surface area contributed by atoms with Crippen molar-refractivity contribution in [3.8, 4) is 0 Å². The summed E-state index contributed by atoms with van der Waals surface area (Å²) in [5.41, 5.74) is 0. The molecule has 0 spiro atoms. The number of aliphatic hydroxyl groups excluding tert-OH is 1. The second-order valence-corrected chi connectivity index (χ2v) is 12.7. The SMILES string of the molecule is CCCO[C@@H]1O[C@@H]2COCCCCOC[C@H]3O[C@H](O[C@H]2[C@H]1OP(=O)(O)O)[C@H](O)[C@@H](OP(=O)(O)O)[C@@H]3OP(=O)(O)O. The van der Waals surface area contributed by atoms with Crippen LogP contribution in [0, 0.1) is 0 Å². The molecule has 0 radical (unpaired) electrons. The van der Waals surface area contributed by atoms with E-state index < -0.39 is 85.4 Å². The van der Waals surface area contributed by atoms with Crippen LogP contribution < -0.4 is 0 Å². The summed E-state index contributed by atoms with van der Waals surface area (Å²) >= 11 is 0. The Morgan fingerprint density at radius 1 is 0.725 bits per heavy atom. The van der Waals surface area contributed by atoms with E-state index in [0.29, 0.717) is 19.3 Å². The second kappa shape index (κ2) is 14.7. The summed E-state index contributed by atoms with van der Waals surface area (Å²) in [6.45, 7) is 1.60. The maximum absolute atomic E-state index is 11.8. The van der Waals surface area contributed by atoms with Gasteiger partial charge in [-0.15, -0.1) is 0 Å². The summed E-state index contributed by atoms with van der Waals surface area (Å²) in [4.78, 5) is 56.7. The summed E-state index contributed by atoms with van der Waals surface area (Å²) in [6.07, 6.45) is -13.8. The zero-order chi connectivity index (χ0) is 29.7. The monoisotopic (exact) mass is 648 g/mol. The molecule has 19 nitrogen and oxygen atoms in total. The molecule has 0 aromatic heterocycles. The van der Waals surface area contributed by atoms with Gasteiger partial charge in [0, 0.05) is 19.8 Å². The third-order valence-corrected chi connectivity index (χ3v) is 7.38. The van der Waals surface area contributed by atoms with Crippen LogP contribution in [0.1, 0.15) is 26.2 Å². The minimum absolute atomic E-state index is 0.105. The molecule has 236 valence electrons. The second-order valence-electron chi connectivity index (χ2n) is 9.09. The average Bonchev–Trinajstić information content (AvgIpc) is 3.11. The first kappa shape index (κ1) is 34.5. The van der Waals surface area contributed by atoms with Gasteiger partial charge >= 0.3 is 23.5 Å². The lowest BCUT2D eigenvalue weighted by Crippen LogP contribution is -2.62. The van der Waals surface area contributed by atoms with Crippen LogP contribution in [0.25, 0.3) is 0 Å². The third kappa shape index (κ3) is 10.6. The molecular formula is C18H35O19P3. The van der Waals surface area contributed by atoms with E-state index in [1.807, 2.05) is 0 Å². The van der Waals surface area contributed by atoms with Gasteiger partial charge in [0.15, 0.2) is 12.6 Å². The highest BCUT2D eigenvalue weighted by molar-refractivity contribution is 7.46. The van der Waals surface area contributed by atoms with Crippen molar-refractivity contribution in [2.75, 3.05) is 33.0 Å². The zero-order valence-corrected chi connectivity index (χ0v) is 23.9. The minimum atomic E-state index is -5.41. The van der Waals surface area contributed by atoms with E-state index in [2.05, 4.69) is 9.05 Å². The third-order valence-electron chi connectivity index (χ3n) is 5.83. The molecule has 3 aliphatic rings. The van der Waals surface area contributed by atoms with Crippen molar-refractivity contribution in [1.82, 2.24) is 0 Å². The Balaban J connectivity index is 1.99. The van der Waals surface area contributed by atoms with E-state index >= 15 is 0 Å². The Morgan fingerprint density at radius 3 is 1.80 bits per heavy atom. The summed E-state index contributed by atoms with van der Waals surface area (Å²) in [6, 6.07) is 0. The van der Waals surface area contributed by atoms with Crippen LogP contribution in [0.4, 0.5) is 0 Å². The summed E-state index contributed by atoms with van der Waals surface area (Å²) in [5, 5.41) is 11.0. The first-order valence-corrected chi connectivity index (χ1v) is 16.8. The maximum atomic E-state index is 11.8. The Kier molecular flexibility index (Phi) is 12.7. The Hall–Kier alpha value is 0.0500. The van der Waals surface area contributed by atoms with Crippen molar-refractivity contribution in [2.45, 2.75) is 81.5 Å². The van der Waals surface area contributed by atoms with Gasteiger partial charge in [0.25, 0.3) is 0 Å². The Morgan fingerprint density at radius 2 is 1.25 bits per heavy atom. The molecule has 0 aliphatic carbocycles. The molecule has 7 N–H and O–H groups in total. The van der Waals surface area contributed by atoms with Crippen LogP contribution >= 0.6 is 23.5 Å². The highest BCUT2D eigenvalue weighted by Gasteiger charge is 2.56. The lowest BCUT2D eigenvalue weighted by atomic mass is 9.99. The normalized spacial score (nSPS) is 37.0. The van der Waals surface area contributed by atoms with Crippen molar-refractivity contribution in [3.05, 3.63) is 0 Å². The fraction of sp³-hybridized carbons (Fsp3) is 1.00. The van der Waals surface area contributed by atoms with E-state index in [1.165, 1.54) is 0 Å². The standard InChI is InChI=1S/C18H35O19P3/c1-2-5-31-18-16(37-40(26,27)28)13-10(33-18)8-29-6-3-4-7-30-9-11-14(35-38(20,21)22)15(36-39(23,24)25)12(19)17(32-11)34-13/h10-19H,2-9H2,1H3,(H2,20,21,22)(H2,23,24,25)(H2,26,27,28)/t10-,11-,12-,13-,14-,15-,16-,17-,18-/m1/s1. The predicted molar refractivity (Wildman–Crippen MR) is 126 cm³/mol. The van der Waals surface area contributed by atoms with E-state index in [-0.39, 0.29) is 26.4 Å². The molecule has 22 heteroatoms. The van der Waals surface area contributed by atoms with E-state index in [1.54, 1.807) is 6.92 Å². The van der Waals surface area contributed by atoms with Gasteiger partial charge in [-0.3, -0.25) is 13.6 Å². The van der Waals surface area contributed by atoms with Crippen molar-refractivity contribution < 1.29 is 90.2 Å². The number of phosphoric ester groups is 3. The smallest absolute Gasteiger partial charge is 0.385 e. The Bertz CT molecular complexity index is 935. The van der Waals surface area contributed by atoms with Crippen molar-refractivity contribution in [3.63, 3.8) is 0 Å². The molecule has 3 saturated heterocycles. The molecule has 3 rings (SSSR count). The van der Waals surface area contributed by atoms with Gasteiger partial charge in [0.2, 0.25) is 0 Å². The predicted octanol–water partition coefficient (Wildman–Crippen LogP) is -1.13. The summed E-state index contributed by atoms with van der Waals surface area (Å²) in [7, 11) is -15.9. The van der Waals surface area contributed by atoms with Gasteiger partial charge in [-0.1, -0.05) is 6.92 Å². The summed E-state index contributed by atoms with van der Waals surface area (Å²) < 4.78 is 83.3. The molecule has 3 heterocycles. The summed E-state index contributed by atoms with van der Waals surface area (Å²) in [5.74, 6) is 0. The van der Waals surface area contributed by atoms with E-state index in [0.717, 1.165) is 0 Å². The molecule has 3 aliphatic heterocycles. The van der Waals surface area contributed by atoms with Gasteiger partial charge < -0.3 is 62.9 Å². The number of fused-ring (bicyclic) bond motifs is 3. The first-order valence-electron chi connectivity index (χ1n) is 12.2. The molecule has 3 fully saturated rings. The number of hydrogen-bond acceptors (Lipinski definition) is 13. The zero-order valence-electron chi connectivity index (χ0n) is 21.2. The van der Waals surface area contributed by atoms with Gasteiger partial charge in [-0.2, -0.15) is 0 Å². The largest absolute Gasteiger partial charge is 0.470 e. The fourth-order valence-electron chi connectivity index (χ4n) is 4.30. The fourth-order valence-corrected chi connectivity index (χ4v) is 5.97. The molecule has 0 aromatic carbocycles. The minimum Gasteiger partial charge on any atom is -0.385 e. The Labute approximate surface area is 228 Å². The molecule has 0 saturated carbocycles. The van der Waals surface area contributed by atoms with E-state index in [4.69, 9.17) is 32.9 Å². The van der Waals surface area contributed by atoms with Crippen LogP contribution in [-0.4, -0.2) is 123 Å². The topological polar surface area (TPSA) is 276 Å². The molecule has 0 unspecified atom stereocenters. The average molecular weight is 648 g/mol. The van der Waals surface area contributed by atoms with Crippen LogP contribution in [-0.2, 0) is 55.7 Å². The van der Waals surface area contributed by atoms with Gasteiger partial charge in [0.05, 0.1) is 13.2 Å². The maximum Gasteiger partial charge on any atom is 0.470 e. The van der Waals surface area contributed by atoms with Crippen molar-refractivity contribution >= 4 is 23.5 Å². The number of phosphoric acid groups is 3. The van der Waals surface area contributed by atoms with Crippen LogP contribution in [0.5, 0.6) is 0 Å². The van der Waals surface area contributed by atoms with Crippen molar-refractivity contribution in [2.24, 2.45) is 0 Å². The number of ether oxygens (including phenoxy) is 6. The quantitative estimate of drug-likeness (QED) is 0.146. The van der Waals surface area contributed by atoms with Gasteiger partial charge in [-0.05, 0) is 19.3 Å². The molecular weight excluding hydrogens is 613 g/mol.